The monoisotopic (exact) mass is 295 g/mol. The van der Waals surface area contributed by atoms with Crippen molar-refractivity contribution in [3.05, 3.63) is 46.3 Å². The summed E-state index contributed by atoms with van der Waals surface area (Å²) in [4.78, 5) is 14.5. The molecule has 0 bridgehead atoms. The van der Waals surface area contributed by atoms with E-state index in [9.17, 15) is 9.90 Å². The topological polar surface area (TPSA) is 95.3 Å². The quantitative estimate of drug-likeness (QED) is 0.362. The zero-order valence-corrected chi connectivity index (χ0v) is 12.2. The van der Waals surface area contributed by atoms with Gasteiger partial charge in [-0.2, -0.15) is 11.8 Å². The highest BCUT2D eigenvalue weighted by molar-refractivity contribution is 7.99. The predicted octanol–water partition coefficient (Wildman–Crippen LogP) is 2.52. The SMILES string of the molecule is CSC(C)[C@H](N=[N+]=[N-])[C@@H](O)C(=O)OCc1ccccc1. The van der Waals surface area contributed by atoms with E-state index in [4.69, 9.17) is 10.3 Å². The molecule has 0 saturated heterocycles. The van der Waals surface area contributed by atoms with Gasteiger partial charge in [0.15, 0.2) is 6.10 Å². The molecule has 0 aliphatic carbocycles. The standard InChI is InChI=1S/C13H17N3O3S/c1-9(20-2)11(15-16-14)12(17)13(18)19-8-10-6-4-3-5-7-10/h3-7,9,11-12,17H,8H2,1-2H3/t9?,11-,12+/m0/s1. The van der Waals surface area contributed by atoms with Crippen LogP contribution in [-0.4, -0.2) is 34.7 Å². The Balaban J connectivity index is 2.62. The second-order valence-corrected chi connectivity index (χ2v) is 5.39. The van der Waals surface area contributed by atoms with Crippen LogP contribution in [0.5, 0.6) is 0 Å². The molecule has 1 aromatic rings. The first-order valence-electron chi connectivity index (χ1n) is 6.05. The van der Waals surface area contributed by atoms with E-state index in [1.54, 1.807) is 6.92 Å². The Labute approximate surface area is 121 Å². The molecule has 0 aromatic heterocycles. The average molecular weight is 295 g/mol. The summed E-state index contributed by atoms with van der Waals surface area (Å²) in [5.74, 6) is -0.785. The second-order valence-electron chi connectivity index (χ2n) is 4.17. The predicted molar refractivity (Wildman–Crippen MR) is 78.2 cm³/mol. The van der Waals surface area contributed by atoms with Crippen LogP contribution < -0.4 is 0 Å². The van der Waals surface area contributed by atoms with Crippen molar-refractivity contribution in [3.63, 3.8) is 0 Å². The maximum Gasteiger partial charge on any atom is 0.335 e. The Kier molecular flexibility index (Phi) is 6.93. The molecule has 1 N–H and O–H groups in total. The molecule has 108 valence electrons. The number of aliphatic hydroxyl groups excluding tert-OH is 1. The molecule has 1 aromatic carbocycles. The number of nitrogens with zero attached hydrogens (tertiary/aromatic N) is 3. The number of rotatable bonds is 7. The molecule has 0 aliphatic rings. The Morgan fingerprint density at radius 2 is 2.15 bits per heavy atom. The Bertz CT molecular complexity index is 477. The number of ether oxygens (including phenoxy) is 1. The first-order valence-corrected chi connectivity index (χ1v) is 7.34. The lowest BCUT2D eigenvalue weighted by molar-refractivity contribution is -0.155. The summed E-state index contributed by atoms with van der Waals surface area (Å²) in [6, 6.07) is 8.30. The van der Waals surface area contributed by atoms with Crippen molar-refractivity contribution in [3.8, 4) is 0 Å². The molecule has 0 spiro atoms. The van der Waals surface area contributed by atoms with Gasteiger partial charge in [0.05, 0.1) is 6.04 Å². The van der Waals surface area contributed by atoms with Gasteiger partial charge in [-0.1, -0.05) is 42.4 Å². The first-order chi connectivity index (χ1) is 9.60. The maximum atomic E-state index is 11.8. The van der Waals surface area contributed by atoms with Crippen LogP contribution in [0.25, 0.3) is 10.4 Å². The lowest BCUT2D eigenvalue weighted by Gasteiger charge is -2.21. The molecule has 6 nitrogen and oxygen atoms in total. The Morgan fingerprint density at radius 1 is 1.50 bits per heavy atom. The molecule has 0 aliphatic heterocycles. The van der Waals surface area contributed by atoms with Gasteiger partial charge >= 0.3 is 5.97 Å². The van der Waals surface area contributed by atoms with Crippen molar-refractivity contribution >= 4 is 17.7 Å². The molecule has 0 radical (unpaired) electrons. The van der Waals surface area contributed by atoms with Gasteiger partial charge in [0.2, 0.25) is 0 Å². The van der Waals surface area contributed by atoms with E-state index in [1.807, 2.05) is 36.6 Å². The van der Waals surface area contributed by atoms with E-state index >= 15 is 0 Å². The van der Waals surface area contributed by atoms with Crippen molar-refractivity contribution in [2.45, 2.75) is 30.9 Å². The van der Waals surface area contributed by atoms with Gasteiger partial charge < -0.3 is 9.84 Å². The van der Waals surface area contributed by atoms with E-state index in [0.717, 1.165) is 5.56 Å². The van der Waals surface area contributed by atoms with Gasteiger partial charge in [-0.15, -0.1) is 0 Å². The van der Waals surface area contributed by atoms with E-state index in [0.29, 0.717) is 0 Å². The number of azide groups is 1. The summed E-state index contributed by atoms with van der Waals surface area (Å²) in [5, 5.41) is 13.2. The third-order valence-electron chi connectivity index (χ3n) is 2.83. The van der Waals surface area contributed by atoms with Crippen LogP contribution in [0.1, 0.15) is 12.5 Å². The number of carbonyl (C=O) groups is 1. The zero-order valence-electron chi connectivity index (χ0n) is 11.3. The number of benzene rings is 1. The summed E-state index contributed by atoms with van der Waals surface area (Å²) in [6.07, 6.45) is 0.351. The molecule has 1 unspecified atom stereocenters. The van der Waals surface area contributed by atoms with Gasteiger partial charge in [0.25, 0.3) is 0 Å². The number of hydrogen-bond acceptors (Lipinski definition) is 5. The number of hydrogen-bond donors (Lipinski definition) is 1. The fourth-order valence-corrected chi connectivity index (χ4v) is 2.05. The molecule has 0 heterocycles. The van der Waals surface area contributed by atoms with Gasteiger partial charge in [-0.3, -0.25) is 0 Å². The first kappa shape index (κ1) is 16.4. The van der Waals surface area contributed by atoms with Crippen molar-refractivity contribution < 1.29 is 14.6 Å². The summed E-state index contributed by atoms with van der Waals surface area (Å²) in [5.41, 5.74) is 9.33. The molecule has 7 heteroatoms. The Hall–Kier alpha value is -1.69. The van der Waals surface area contributed by atoms with Gasteiger partial charge in [0, 0.05) is 10.2 Å². The normalized spacial score (nSPS) is 14.8. The largest absolute Gasteiger partial charge is 0.459 e. The summed E-state index contributed by atoms with van der Waals surface area (Å²) in [6.45, 7) is 1.85. The number of carbonyl (C=O) groups excluding carboxylic acids is 1. The van der Waals surface area contributed by atoms with Crippen LogP contribution >= 0.6 is 11.8 Å². The summed E-state index contributed by atoms with van der Waals surface area (Å²) < 4.78 is 5.03. The lowest BCUT2D eigenvalue weighted by Crippen LogP contribution is -2.39. The molecule has 20 heavy (non-hydrogen) atoms. The number of esters is 1. The number of thioether (sulfide) groups is 1. The number of aliphatic hydroxyl groups is 1. The Morgan fingerprint density at radius 3 is 2.70 bits per heavy atom. The molecule has 0 fully saturated rings. The molecular weight excluding hydrogens is 278 g/mol. The highest BCUT2D eigenvalue weighted by Gasteiger charge is 2.30. The molecule has 1 rings (SSSR count). The second kappa shape index (κ2) is 8.47. The lowest BCUT2D eigenvalue weighted by atomic mass is 10.1. The van der Waals surface area contributed by atoms with E-state index in [-0.39, 0.29) is 11.9 Å². The minimum absolute atomic E-state index is 0.0768. The summed E-state index contributed by atoms with van der Waals surface area (Å²) in [7, 11) is 0. The minimum Gasteiger partial charge on any atom is -0.459 e. The highest BCUT2D eigenvalue weighted by atomic mass is 32.2. The molecular formula is C13H17N3O3S. The maximum absolute atomic E-state index is 11.8. The van der Waals surface area contributed by atoms with E-state index in [1.165, 1.54) is 11.8 Å². The fourth-order valence-electron chi connectivity index (χ4n) is 1.57. The smallest absolute Gasteiger partial charge is 0.335 e. The zero-order chi connectivity index (χ0) is 15.0. The molecule has 0 saturated carbocycles. The molecule has 3 atom stereocenters. The minimum atomic E-state index is -1.46. The van der Waals surface area contributed by atoms with Crippen LogP contribution in [0.3, 0.4) is 0 Å². The molecule has 0 amide bonds. The average Bonchev–Trinajstić information content (AvgIpc) is 2.49. The summed E-state index contributed by atoms with van der Waals surface area (Å²) >= 11 is 1.40. The van der Waals surface area contributed by atoms with Gasteiger partial charge in [-0.05, 0) is 17.4 Å². The van der Waals surface area contributed by atoms with Crippen LogP contribution in [-0.2, 0) is 16.1 Å². The van der Waals surface area contributed by atoms with Crippen LogP contribution in [0, 0.1) is 0 Å². The van der Waals surface area contributed by atoms with Crippen molar-refractivity contribution in [1.29, 1.82) is 0 Å². The van der Waals surface area contributed by atoms with Crippen molar-refractivity contribution in [2.75, 3.05) is 6.26 Å². The fraction of sp³-hybridized carbons (Fsp3) is 0.462. The van der Waals surface area contributed by atoms with Crippen LogP contribution in [0.2, 0.25) is 0 Å². The van der Waals surface area contributed by atoms with E-state index in [2.05, 4.69) is 10.0 Å². The third kappa shape index (κ3) is 4.77. The van der Waals surface area contributed by atoms with Crippen molar-refractivity contribution in [1.82, 2.24) is 0 Å². The van der Waals surface area contributed by atoms with Gasteiger partial charge in [0.1, 0.15) is 6.61 Å². The van der Waals surface area contributed by atoms with Crippen LogP contribution in [0.4, 0.5) is 0 Å². The van der Waals surface area contributed by atoms with E-state index < -0.39 is 18.1 Å². The highest BCUT2D eigenvalue weighted by Crippen LogP contribution is 2.18. The third-order valence-corrected chi connectivity index (χ3v) is 3.85. The van der Waals surface area contributed by atoms with Gasteiger partial charge in [-0.25, -0.2) is 4.79 Å². The van der Waals surface area contributed by atoms with Crippen molar-refractivity contribution in [2.24, 2.45) is 5.11 Å². The van der Waals surface area contributed by atoms with Crippen LogP contribution in [0.15, 0.2) is 35.4 Å².